The van der Waals surface area contributed by atoms with Crippen LogP contribution >= 0.6 is 11.3 Å². The topological polar surface area (TPSA) is 117 Å². The fraction of sp³-hybridized carbons (Fsp3) is 0.292. The largest absolute Gasteiger partial charge is 0.378 e. The average Bonchev–Trinajstić information content (AvgIpc) is 3.23. The number of nitro groups is 1. The van der Waals surface area contributed by atoms with Crippen molar-refractivity contribution < 1.29 is 14.5 Å². The van der Waals surface area contributed by atoms with Gasteiger partial charge in [0.25, 0.3) is 5.69 Å². The van der Waals surface area contributed by atoms with Crippen molar-refractivity contribution >= 4 is 39.5 Å². The van der Waals surface area contributed by atoms with Crippen LogP contribution in [0, 0.1) is 17.0 Å². The third kappa shape index (κ3) is 6.16. The Labute approximate surface area is 202 Å². The molecule has 0 saturated carbocycles. The molecule has 0 radical (unpaired) electrons. The van der Waals surface area contributed by atoms with Crippen molar-refractivity contribution in [2.45, 2.75) is 20.3 Å². The van der Waals surface area contributed by atoms with E-state index in [0.29, 0.717) is 23.7 Å². The standard InChI is InChI=1S/C24H27N5O4S/c1-4-28(3)24-27-16(2)23(34-24)22(31)18-10-11-19(20(15-18)29(32)33)25-12-13-26-21(30)14-17-8-6-5-7-9-17/h5-11,15,25H,4,12-14H2,1-3H3,(H,26,30). The summed E-state index contributed by atoms with van der Waals surface area (Å²) in [6.07, 6.45) is 0.268. The van der Waals surface area contributed by atoms with Crippen molar-refractivity contribution in [3.05, 3.63) is 80.3 Å². The summed E-state index contributed by atoms with van der Waals surface area (Å²) in [5, 5.41) is 18.1. The number of benzene rings is 2. The lowest BCUT2D eigenvalue weighted by atomic mass is 10.1. The summed E-state index contributed by atoms with van der Waals surface area (Å²) in [4.78, 5) is 43.0. The van der Waals surface area contributed by atoms with Gasteiger partial charge in [-0.25, -0.2) is 4.98 Å². The highest BCUT2D eigenvalue weighted by molar-refractivity contribution is 7.17. The van der Waals surface area contributed by atoms with Gasteiger partial charge in [0.05, 0.1) is 21.9 Å². The number of carbonyl (C=O) groups is 2. The van der Waals surface area contributed by atoms with Gasteiger partial charge in [-0.15, -0.1) is 0 Å². The van der Waals surface area contributed by atoms with E-state index in [0.717, 1.165) is 17.2 Å². The van der Waals surface area contributed by atoms with Crippen LogP contribution in [0.4, 0.5) is 16.5 Å². The molecule has 34 heavy (non-hydrogen) atoms. The summed E-state index contributed by atoms with van der Waals surface area (Å²) in [6, 6.07) is 13.7. The van der Waals surface area contributed by atoms with Gasteiger partial charge in [0.1, 0.15) is 5.69 Å². The molecule has 3 aromatic rings. The Kier molecular flexibility index (Phi) is 8.31. The molecule has 0 bridgehead atoms. The number of carbonyl (C=O) groups excluding carboxylic acids is 2. The number of aryl methyl sites for hydroxylation is 1. The van der Waals surface area contributed by atoms with E-state index in [2.05, 4.69) is 15.6 Å². The molecule has 0 aliphatic carbocycles. The second kappa shape index (κ2) is 11.4. The molecule has 1 heterocycles. The summed E-state index contributed by atoms with van der Waals surface area (Å²) in [5.41, 5.74) is 1.82. The third-order valence-corrected chi connectivity index (χ3v) is 6.49. The first-order chi connectivity index (χ1) is 16.3. The lowest BCUT2D eigenvalue weighted by Gasteiger charge is -2.11. The molecule has 10 heteroatoms. The molecule has 178 valence electrons. The number of hydrogen-bond acceptors (Lipinski definition) is 8. The third-order valence-electron chi connectivity index (χ3n) is 5.22. The number of nitrogens with one attached hydrogen (secondary N) is 2. The predicted octanol–water partition coefficient (Wildman–Crippen LogP) is 3.82. The molecule has 0 aliphatic heterocycles. The summed E-state index contributed by atoms with van der Waals surface area (Å²) < 4.78 is 0. The quantitative estimate of drug-likeness (QED) is 0.185. The van der Waals surface area contributed by atoms with Crippen LogP contribution in [0.2, 0.25) is 0 Å². The van der Waals surface area contributed by atoms with E-state index >= 15 is 0 Å². The number of hydrogen-bond donors (Lipinski definition) is 2. The Bertz CT molecular complexity index is 1180. The van der Waals surface area contributed by atoms with Crippen molar-refractivity contribution in [3.8, 4) is 0 Å². The van der Waals surface area contributed by atoms with Crippen molar-refractivity contribution in [2.24, 2.45) is 0 Å². The SMILES string of the molecule is CCN(C)c1nc(C)c(C(=O)c2ccc(NCCNC(=O)Cc3ccccc3)c([N+](=O)[O-])c2)s1. The van der Waals surface area contributed by atoms with Gasteiger partial charge >= 0.3 is 0 Å². The van der Waals surface area contributed by atoms with Crippen LogP contribution in [0.15, 0.2) is 48.5 Å². The summed E-state index contributed by atoms with van der Waals surface area (Å²) in [7, 11) is 1.89. The van der Waals surface area contributed by atoms with Crippen LogP contribution in [-0.4, -0.2) is 48.3 Å². The highest BCUT2D eigenvalue weighted by Gasteiger charge is 2.22. The molecule has 2 N–H and O–H groups in total. The van der Waals surface area contributed by atoms with Gasteiger partial charge in [0.2, 0.25) is 11.7 Å². The Morgan fingerprint density at radius 1 is 1.15 bits per heavy atom. The number of nitrogens with zero attached hydrogens (tertiary/aromatic N) is 3. The molecule has 1 aromatic heterocycles. The number of thiazole rings is 1. The van der Waals surface area contributed by atoms with E-state index in [1.165, 1.54) is 23.5 Å². The van der Waals surface area contributed by atoms with Crippen LogP contribution in [0.1, 0.15) is 33.4 Å². The van der Waals surface area contributed by atoms with E-state index in [4.69, 9.17) is 0 Å². The molecule has 0 saturated heterocycles. The Hall–Kier alpha value is -3.79. The predicted molar refractivity (Wildman–Crippen MR) is 134 cm³/mol. The highest BCUT2D eigenvalue weighted by atomic mass is 32.1. The Morgan fingerprint density at radius 2 is 1.88 bits per heavy atom. The van der Waals surface area contributed by atoms with Gasteiger partial charge in [0.15, 0.2) is 5.13 Å². The van der Waals surface area contributed by atoms with Crippen molar-refractivity contribution in [1.29, 1.82) is 0 Å². The minimum Gasteiger partial charge on any atom is -0.378 e. The summed E-state index contributed by atoms with van der Waals surface area (Å²) in [5.74, 6) is -0.426. The fourth-order valence-electron chi connectivity index (χ4n) is 3.24. The van der Waals surface area contributed by atoms with E-state index in [-0.39, 0.29) is 35.0 Å². The van der Waals surface area contributed by atoms with Gasteiger partial charge in [-0.2, -0.15) is 0 Å². The zero-order chi connectivity index (χ0) is 24.7. The molecule has 0 unspecified atom stereocenters. The van der Waals surface area contributed by atoms with Crippen LogP contribution < -0.4 is 15.5 Å². The van der Waals surface area contributed by atoms with Gasteiger partial charge in [0, 0.05) is 38.3 Å². The molecule has 0 atom stereocenters. The second-order valence-corrected chi connectivity index (χ2v) is 8.66. The van der Waals surface area contributed by atoms with Gasteiger partial charge in [-0.1, -0.05) is 41.7 Å². The number of amides is 1. The molecule has 1 amide bonds. The Morgan fingerprint density at radius 3 is 2.56 bits per heavy atom. The van der Waals surface area contributed by atoms with Crippen molar-refractivity contribution in [2.75, 3.05) is 36.9 Å². The fourth-order valence-corrected chi connectivity index (χ4v) is 4.29. The normalized spacial score (nSPS) is 10.6. The van der Waals surface area contributed by atoms with E-state index in [9.17, 15) is 19.7 Å². The number of rotatable bonds is 11. The molecule has 2 aromatic carbocycles. The Balaban J connectivity index is 1.64. The zero-order valence-corrected chi connectivity index (χ0v) is 20.1. The molecular formula is C24H27N5O4S. The number of nitro benzene ring substituents is 1. The molecule has 0 fully saturated rings. The maximum Gasteiger partial charge on any atom is 0.293 e. The molecular weight excluding hydrogens is 454 g/mol. The highest BCUT2D eigenvalue weighted by Crippen LogP contribution is 2.30. The zero-order valence-electron chi connectivity index (χ0n) is 19.3. The van der Waals surface area contributed by atoms with E-state index in [1.54, 1.807) is 13.0 Å². The maximum absolute atomic E-state index is 13.0. The smallest absolute Gasteiger partial charge is 0.293 e. The van der Waals surface area contributed by atoms with Crippen LogP contribution in [0.25, 0.3) is 0 Å². The molecule has 3 rings (SSSR count). The first-order valence-corrected chi connectivity index (χ1v) is 11.7. The summed E-state index contributed by atoms with van der Waals surface area (Å²) in [6.45, 7) is 5.10. The first kappa shape index (κ1) is 24.8. The van der Waals surface area contributed by atoms with Gasteiger partial charge in [-0.3, -0.25) is 19.7 Å². The van der Waals surface area contributed by atoms with Gasteiger partial charge < -0.3 is 15.5 Å². The lowest BCUT2D eigenvalue weighted by molar-refractivity contribution is -0.384. The van der Waals surface area contributed by atoms with Crippen LogP contribution in [0.3, 0.4) is 0 Å². The van der Waals surface area contributed by atoms with E-state index in [1.807, 2.05) is 49.2 Å². The monoisotopic (exact) mass is 481 g/mol. The van der Waals surface area contributed by atoms with Crippen molar-refractivity contribution in [3.63, 3.8) is 0 Å². The average molecular weight is 482 g/mol. The molecule has 0 aliphatic rings. The van der Waals surface area contributed by atoms with Crippen LogP contribution in [-0.2, 0) is 11.2 Å². The minimum atomic E-state index is -0.525. The molecule has 0 spiro atoms. The number of ketones is 1. The van der Waals surface area contributed by atoms with Crippen molar-refractivity contribution in [1.82, 2.24) is 10.3 Å². The van der Waals surface area contributed by atoms with Gasteiger partial charge in [-0.05, 0) is 31.5 Å². The summed E-state index contributed by atoms with van der Waals surface area (Å²) >= 11 is 1.27. The maximum atomic E-state index is 13.0. The second-order valence-electron chi connectivity index (χ2n) is 7.68. The molecule has 9 nitrogen and oxygen atoms in total. The minimum absolute atomic E-state index is 0.128. The number of anilines is 2. The van der Waals surface area contributed by atoms with Crippen LogP contribution in [0.5, 0.6) is 0 Å². The first-order valence-electron chi connectivity index (χ1n) is 10.9. The van der Waals surface area contributed by atoms with E-state index < -0.39 is 4.92 Å². The lowest BCUT2D eigenvalue weighted by Crippen LogP contribution is -2.30. The number of aromatic nitrogens is 1.